The van der Waals surface area contributed by atoms with Crippen molar-refractivity contribution in [3.05, 3.63) is 0 Å². The Hall–Kier alpha value is -2.08. The molecule has 4 amide bonds. The molecule has 0 heterocycles. The Kier molecular flexibility index (Phi) is 9.67. The van der Waals surface area contributed by atoms with Crippen LogP contribution < -0.4 is 16.0 Å². The minimum atomic E-state index is -0.811. The lowest BCUT2D eigenvalue weighted by molar-refractivity contribution is -0.162. The third-order valence-corrected chi connectivity index (χ3v) is 9.70. The van der Waals surface area contributed by atoms with Crippen LogP contribution >= 0.6 is 0 Å². The summed E-state index contributed by atoms with van der Waals surface area (Å²) in [6.07, 6.45) is 2.35. The average Bonchev–Trinajstić information content (AvgIpc) is 2.87. The van der Waals surface area contributed by atoms with Crippen molar-refractivity contribution in [3.8, 4) is 0 Å². The van der Waals surface area contributed by atoms with Crippen molar-refractivity contribution in [3.63, 3.8) is 0 Å². The summed E-state index contributed by atoms with van der Waals surface area (Å²) >= 11 is 0. The summed E-state index contributed by atoms with van der Waals surface area (Å²) in [5, 5.41) is 29.9. The average molecular weight is 550 g/mol. The Labute approximate surface area is 231 Å². The van der Waals surface area contributed by atoms with Crippen LogP contribution in [0, 0.1) is 47.3 Å². The normalized spacial score (nSPS) is 37.1. The molecule has 0 aromatic carbocycles. The maximum Gasteiger partial charge on any atom is 0.230 e. The number of nitrogens with one attached hydrogen (secondary N) is 3. The van der Waals surface area contributed by atoms with Crippen LogP contribution in [0.4, 0.5) is 0 Å². The molecule has 0 spiro atoms. The fourth-order valence-electron chi connectivity index (χ4n) is 7.81. The van der Waals surface area contributed by atoms with Gasteiger partial charge < -0.3 is 30.6 Å². The Balaban J connectivity index is 1.49. The van der Waals surface area contributed by atoms with Gasteiger partial charge in [-0.3, -0.25) is 24.5 Å². The summed E-state index contributed by atoms with van der Waals surface area (Å²) in [6.45, 7) is 2.22. The molecule has 11 heteroatoms. The molecule has 5 N–H and O–H groups in total. The second-order valence-corrected chi connectivity index (χ2v) is 12.8. The first-order chi connectivity index (χ1) is 18.5. The van der Waals surface area contributed by atoms with Crippen LogP contribution in [0.3, 0.4) is 0 Å². The molecule has 0 saturated heterocycles. The Bertz CT molecular complexity index is 856. The van der Waals surface area contributed by atoms with E-state index in [9.17, 15) is 29.4 Å². The molecule has 11 nitrogen and oxygen atoms in total. The number of likely N-dealkylation sites (N-methyl/N-ethyl adjacent to an activating group) is 2. The maximum absolute atomic E-state index is 13.7. The molecule has 10 atom stereocenters. The van der Waals surface area contributed by atoms with Gasteiger partial charge in [0.2, 0.25) is 23.6 Å². The molecule has 6 aliphatic rings. The van der Waals surface area contributed by atoms with Gasteiger partial charge in [0.1, 0.15) is 0 Å². The summed E-state index contributed by atoms with van der Waals surface area (Å²) in [7, 11) is 7.66. The molecule has 220 valence electrons. The van der Waals surface area contributed by atoms with Crippen molar-refractivity contribution in [1.29, 1.82) is 0 Å². The van der Waals surface area contributed by atoms with Crippen LogP contribution in [0.5, 0.6) is 0 Å². The second kappa shape index (κ2) is 12.6. The Morgan fingerprint density at radius 3 is 1.33 bits per heavy atom. The van der Waals surface area contributed by atoms with Gasteiger partial charge in [0.15, 0.2) is 0 Å². The van der Waals surface area contributed by atoms with Crippen molar-refractivity contribution >= 4 is 23.6 Å². The minimum Gasteiger partial charge on any atom is -0.393 e. The van der Waals surface area contributed by atoms with Gasteiger partial charge >= 0.3 is 0 Å². The molecular weight excluding hydrogens is 502 g/mol. The summed E-state index contributed by atoms with van der Waals surface area (Å²) < 4.78 is 0. The van der Waals surface area contributed by atoms with E-state index >= 15 is 0 Å². The number of hydrogen-bond acceptors (Lipinski definition) is 8. The highest BCUT2D eigenvalue weighted by Crippen LogP contribution is 2.51. The summed E-state index contributed by atoms with van der Waals surface area (Å²) in [5.41, 5.74) is 0. The van der Waals surface area contributed by atoms with E-state index in [0.29, 0.717) is 51.9 Å². The van der Waals surface area contributed by atoms with Gasteiger partial charge in [0.25, 0.3) is 0 Å². The lowest BCUT2D eigenvalue weighted by atomic mass is 9.56. The van der Waals surface area contributed by atoms with Crippen LogP contribution in [0.25, 0.3) is 0 Å². The van der Waals surface area contributed by atoms with E-state index in [-0.39, 0.29) is 23.7 Å². The molecule has 0 aromatic rings. The highest BCUT2D eigenvalue weighted by Gasteiger charge is 2.56. The van der Waals surface area contributed by atoms with Gasteiger partial charge in [0, 0.05) is 26.2 Å². The molecular formula is C28H47N5O6. The molecule has 0 aromatic heterocycles. The highest BCUT2D eigenvalue weighted by atomic mass is 16.3. The number of carbonyl (C=O) groups is 4. The third-order valence-electron chi connectivity index (χ3n) is 9.70. The number of nitrogens with zero attached hydrogens (tertiary/aromatic N) is 2. The Morgan fingerprint density at radius 2 is 1.00 bits per heavy atom. The number of aliphatic hydroxyl groups is 2. The van der Waals surface area contributed by atoms with Gasteiger partial charge in [-0.2, -0.15) is 0 Å². The number of aliphatic hydroxyl groups excluding tert-OH is 2. The highest BCUT2D eigenvalue weighted by molar-refractivity contribution is 6.01. The van der Waals surface area contributed by atoms with E-state index < -0.39 is 59.5 Å². The van der Waals surface area contributed by atoms with Gasteiger partial charge in [0.05, 0.1) is 35.9 Å². The summed E-state index contributed by atoms with van der Waals surface area (Å²) in [6, 6.07) is 0. The van der Waals surface area contributed by atoms with E-state index in [1.54, 1.807) is 0 Å². The SMILES string of the molecule is CN(C)CCNC(=O)C1C2CCC(C(O)C2)C1C(=O)NC(=O)C1C2CCC(CC2O)C1C(=O)NCCN(C)C. The molecule has 6 aliphatic carbocycles. The summed E-state index contributed by atoms with van der Waals surface area (Å²) in [4.78, 5) is 57.8. The first kappa shape index (κ1) is 29.9. The van der Waals surface area contributed by atoms with Crippen LogP contribution in [0.1, 0.15) is 38.5 Å². The topological polar surface area (TPSA) is 151 Å². The molecule has 0 radical (unpaired) electrons. The van der Waals surface area contributed by atoms with Crippen molar-refractivity contribution in [2.24, 2.45) is 47.3 Å². The lowest BCUT2D eigenvalue weighted by Crippen LogP contribution is -2.61. The molecule has 6 fully saturated rings. The number of hydrogen-bond donors (Lipinski definition) is 5. The predicted octanol–water partition coefficient (Wildman–Crippen LogP) is -0.969. The van der Waals surface area contributed by atoms with Crippen molar-refractivity contribution < 1.29 is 29.4 Å². The first-order valence-corrected chi connectivity index (χ1v) is 14.5. The third kappa shape index (κ3) is 6.47. The quantitative estimate of drug-likeness (QED) is 0.219. The van der Waals surface area contributed by atoms with E-state index in [4.69, 9.17) is 0 Å². The van der Waals surface area contributed by atoms with E-state index in [1.165, 1.54) is 0 Å². The molecule has 0 aliphatic heterocycles. The van der Waals surface area contributed by atoms with E-state index in [1.807, 2.05) is 38.0 Å². The minimum absolute atomic E-state index is 0.127. The molecule has 39 heavy (non-hydrogen) atoms. The zero-order valence-electron chi connectivity index (χ0n) is 23.8. The zero-order chi connectivity index (χ0) is 28.4. The fourth-order valence-corrected chi connectivity index (χ4v) is 7.81. The summed E-state index contributed by atoms with van der Waals surface area (Å²) in [5.74, 6) is -5.42. The number of carbonyl (C=O) groups excluding carboxylic acids is 4. The van der Waals surface area contributed by atoms with Gasteiger partial charge in [-0.1, -0.05) is 0 Å². The van der Waals surface area contributed by atoms with Gasteiger partial charge in [-0.25, -0.2) is 0 Å². The molecule has 6 saturated carbocycles. The molecule has 6 rings (SSSR count). The monoisotopic (exact) mass is 549 g/mol. The zero-order valence-corrected chi connectivity index (χ0v) is 23.8. The maximum atomic E-state index is 13.7. The number of fused-ring (bicyclic) bond motifs is 6. The number of rotatable bonds is 10. The second-order valence-electron chi connectivity index (χ2n) is 12.8. The lowest BCUT2D eigenvalue weighted by Gasteiger charge is -2.50. The number of amides is 4. The smallest absolute Gasteiger partial charge is 0.230 e. The molecule has 4 bridgehead atoms. The Morgan fingerprint density at radius 1 is 0.615 bits per heavy atom. The van der Waals surface area contributed by atoms with Crippen LogP contribution in [0.15, 0.2) is 0 Å². The fraction of sp³-hybridized carbons (Fsp3) is 0.857. The van der Waals surface area contributed by atoms with Crippen molar-refractivity contribution in [2.75, 3.05) is 54.4 Å². The van der Waals surface area contributed by atoms with Crippen LogP contribution in [-0.2, 0) is 19.2 Å². The van der Waals surface area contributed by atoms with Crippen molar-refractivity contribution in [2.45, 2.75) is 50.7 Å². The van der Waals surface area contributed by atoms with E-state index in [2.05, 4.69) is 16.0 Å². The van der Waals surface area contributed by atoms with Crippen LogP contribution in [0.2, 0.25) is 0 Å². The van der Waals surface area contributed by atoms with Crippen LogP contribution in [-0.4, -0.2) is 110 Å². The van der Waals surface area contributed by atoms with E-state index in [0.717, 1.165) is 12.8 Å². The number of imide groups is 1. The molecule has 10 unspecified atom stereocenters. The largest absolute Gasteiger partial charge is 0.393 e. The first-order valence-electron chi connectivity index (χ1n) is 14.5. The predicted molar refractivity (Wildman–Crippen MR) is 144 cm³/mol. The van der Waals surface area contributed by atoms with Crippen molar-refractivity contribution in [1.82, 2.24) is 25.8 Å². The van der Waals surface area contributed by atoms with Gasteiger partial charge in [-0.15, -0.1) is 0 Å². The van der Waals surface area contributed by atoms with Gasteiger partial charge in [-0.05, 0) is 90.4 Å². The standard InChI is InChI=1S/C28H47N5O6/c1-32(2)11-9-29-25(36)21-15-5-7-17(19(34)13-15)23(21)27(38)31-28(39)24-18-8-6-16(14-20(18)35)22(24)26(37)30-10-12-33(3)4/h15-24,34-35H,5-14H2,1-4H3,(H,29,36)(H,30,37)(H,31,38,39).